The second-order valence-electron chi connectivity index (χ2n) is 3.61. The molecule has 1 unspecified atom stereocenters. The Bertz CT molecular complexity index is 357. The third-order valence-corrected chi connectivity index (χ3v) is 2.68. The van der Waals surface area contributed by atoms with Gasteiger partial charge in [0.1, 0.15) is 0 Å². The minimum atomic E-state index is 0.113. The predicted molar refractivity (Wildman–Crippen MR) is 51.7 cm³/mol. The van der Waals surface area contributed by atoms with E-state index in [1.165, 1.54) is 5.56 Å². The first-order valence-corrected chi connectivity index (χ1v) is 4.58. The van der Waals surface area contributed by atoms with Crippen LogP contribution in [0, 0.1) is 0 Å². The summed E-state index contributed by atoms with van der Waals surface area (Å²) in [5.74, 6) is 0.113. The number of benzene rings is 1. The molecule has 0 bridgehead atoms. The Morgan fingerprint density at radius 2 is 2.31 bits per heavy atom. The van der Waals surface area contributed by atoms with Gasteiger partial charge in [0, 0.05) is 11.6 Å². The number of fused-ring (bicyclic) bond motifs is 1. The van der Waals surface area contributed by atoms with E-state index in [4.69, 9.17) is 5.73 Å². The van der Waals surface area contributed by atoms with Gasteiger partial charge in [0.05, 0.1) is 0 Å². The number of Topliss-reactive ketones (excluding diaryl/α,β-unsaturated/α-hetero) is 1. The lowest BCUT2D eigenvalue weighted by molar-refractivity contribution is 0.101. The normalized spacial score (nSPS) is 20.0. The molecule has 0 radical (unpaired) electrons. The molecule has 68 valence electrons. The first-order chi connectivity index (χ1) is 6.18. The molecule has 1 atom stereocenters. The van der Waals surface area contributed by atoms with E-state index in [1.807, 2.05) is 18.2 Å². The zero-order valence-electron chi connectivity index (χ0n) is 7.71. The van der Waals surface area contributed by atoms with Crippen LogP contribution >= 0.6 is 0 Å². The third-order valence-electron chi connectivity index (χ3n) is 2.68. The number of hydrogen-bond acceptors (Lipinski definition) is 2. The highest BCUT2D eigenvalue weighted by Crippen LogP contribution is 2.29. The highest BCUT2D eigenvalue weighted by molar-refractivity contribution is 5.94. The molecule has 0 fully saturated rings. The Hall–Kier alpha value is -1.15. The van der Waals surface area contributed by atoms with Crippen LogP contribution in [0.25, 0.3) is 0 Å². The molecule has 2 nitrogen and oxygen atoms in total. The SMILES string of the molecule is CC(=O)c1ccc2c(c1)C(N)CC2. The molecule has 0 amide bonds. The van der Waals surface area contributed by atoms with E-state index in [2.05, 4.69) is 0 Å². The van der Waals surface area contributed by atoms with Crippen molar-refractivity contribution in [2.75, 3.05) is 0 Å². The molecule has 0 heterocycles. The number of aryl methyl sites for hydroxylation is 1. The van der Waals surface area contributed by atoms with Crippen LogP contribution in [0.5, 0.6) is 0 Å². The summed E-state index contributed by atoms with van der Waals surface area (Å²) in [6.07, 6.45) is 2.06. The molecule has 0 saturated carbocycles. The van der Waals surface area contributed by atoms with Crippen LogP contribution in [0.4, 0.5) is 0 Å². The number of ketones is 1. The zero-order chi connectivity index (χ0) is 9.42. The Balaban J connectivity index is 2.47. The smallest absolute Gasteiger partial charge is 0.159 e. The Morgan fingerprint density at radius 1 is 1.54 bits per heavy atom. The average Bonchev–Trinajstić information content (AvgIpc) is 2.47. The largest absolute Gasteiger partial charge is 0.324 e. The molecular formula is C11H13NO. The lowest BCUT2D eigenvalue weighted by Gasteiger charge is -2.05. The number of nitrogens with two attached hydrogens (primary N) is 1. The number of carbonyl (C=O) groups is 1. The molecule has 1 aromatic rings. The fourth-order valence-electron chi connectivity index (χ4n) is 1.85. The van der Waals surface area contributed by atoms with Crippen molar-refractivity contribution in [3.8, 4) is 0 Å². The first kappa shape index (κ1) is 8.45. The van der Waals surface area contributed by atoms with Gasteiger partial charge in [0.15, 0.2) is 5.78 Å². The Morgan fingerprint density at radius 3 is 3.00 bits per heavy atom. The standard InChI is InChI=1S/C11H13NO/c1-7(13)9-3-2-8-4-5-11(12)10(8)6-9/h2-3,6,11H,4-5,12H2,1H3. The van der Waals surface area contributed by atoms with Crippen molar-refractivity contribution in [3.63, 3.8) is 0 Å². The van der Waals surface area contributed by atoms with Crippen LogP contribution in [-0.4, -0.2) is 5.78 Å². The molecule has 2 heteroatoms. The van der Waals surface area contributed by atoms with E-state index >= 15 is 0 Å². The zero-order valence-corrected chi connectivity index (χ0v) is 7.71. The predicted octanol–water partition coefficient (Wildman–Crippen LogP) is 1.84. The third kappa shape index (κ3) is 1.38. The van der Waals surface area contributed by atoms with Crippen LogP contribution in [0.1, 0.15) is 40.9 Å². The van der Waals surface area contributed by atoms with E-state index < -0.39 is 0 Å². The molecule has 13 heavy (non-hydrogen) atoms. The number of hydrogen-bond donors (Lipinski definition) is 1. The summed E-state index contributed by atoms with van der Waals surface area (Å²) in [5.41, 5.74) is 9.14. The fourth-order valence-corrected chi connectivity index (χ4v) is 1.85. The van der Waals surface area contributed by atoms with E-state index in [9.17, 15) is 4.79 Å². The van der Waals surface area contributed by atoms with Gasteiger partial charge < -0.3 is 5.73 Å². The summed E-state index contributed by atoms with van der Waals surface area (Å²) in [6.45, 7) is 1.59. The van der Waals surface area contributed by atoms with Gasteiger partial charge in [-0.2, -0.15) is 0 Å². The number of rotatable bonds is 1. The summed E-state index contributed by atoms with van der Waals surface area (Å²) in [5, 5.41) is 0. The number of carbonyl (C=O) groups excluding carboxylic acids is 1. The lowest BCUT2D eigenvalue weighted by atomic mass is 10.0. The molecule has 0 spiro atoms. The van der Waals surface area contributed by atoms with Crippen LogP contribution in [0.3, 0.4) is 0 Å². The molecule has 0 aliphatic heterocycles. The summed E-state index contributed by atoms with van der Waals surface area (Å²) >= 11 is 0. The maximum absolute atomic E-state index is 11.1. The molecule has 1 aliphatic rings. The maximum atomic E-state index is 11.1. The van der Waals surface area contributed by atoms with E-state index in [0.29, 0.717) is 0 Å². The second kappa shape index (κ2) is 2.96. The van der Waals surface area contributed by atoms with Crippen molar-refractivity contribution < 1.29 is 4.79 Å². The Kier molecular flexibility index (Phi) is 1.93. The minimum absolute atomic E-state index is 0.113. The maximum Gasteiger partial charge on any atom is 0.159 e. The van der Waals surface area contributed by atoms with Crippen molar-refractivity contribution >= 4 is 5.78 Å². The van der Waals surface area contributed by atoms with Gasteiger partial charge in [0.25, 0.3) is 0 Å². The monoisotopic (exact) mass is 175 g/mol. The van der Waals surface area contributed by atoms with Gasteiger partial charge in [-0.25, -0.2) is 0 Å². The van der Waals surface area contributed by atoms with E-state index in [1.54, 1.807) is 6.92 Å². The van der Waals surface area contributed by atoms with Crippen molar-refractivity contribution in [2.24, 2.45) is 5.73 Å². The summed E-state index contributed by atoms with van der Waals surface area (Å²) in [4.78, 5) is 11.1. The molecule has 2 N–H and O–H groups in total. The van der Waals surface area contributed by atoms with Crippen molar-refractivity contribution in [3.05, 3.63) is 34.9 Å². The van der Waals surface area contributed by atoms with Gasteiger partial charge in [0.2, 0.25) is 0 Å². The fraction of sp³-hybridized carbons (Fsp3) is 0.364. The van der Waals surface area contributed by atoms with Gasteiger partial charge in [-0.15, -0.1) is 0 Å². The molecule has 0 saturated heterocycles. The van der Waals surface area contributed by atoms with Crippen molar-refractivity contribution in [1.82, 2.24) is 0 Å². The van der Waals surface area contributed by atoms with E-state index in [0.717, 1.165) is 24.0 Å². The quantitative estimate of drug-likeness (QED) is 0.662. The summed E-state index contributed by atoms with van der Waals surface area (Å²) in [7, 11) is 0. The summed E-state index contributed by atoms with van der Waals surface area (Å²) < 4.78 is 0. The second-order valence-corrected chi connectivity index (χ2v) is 3.61. The minimum Gasteiger partial charge on any atom is -0.324 e. The van der Waals surface area contributed by atoms with E-state index in [-0.39, 0.29) is 11.8 Å². The van der Waals surface area contributed by atoms with Crippen LogP contribution in [0.15, 0.2) is 18.2 Å². The van der Waals surface area contributed by atoms with Crippen molar-refractivity contribution in [2.45, 2.75) is 25.8 Å². The lowest BCUT2D eigenvalue weighted by Crippen LogP contribution is -2.06. The highest BCUT2D eigenvalue weighted by Gasteiger charge is 2.19. The van der Waals surface area contributed by atoms with Gasteiger partial charge in [-0.3, -0.25) is 4.79 Å². The summed E-state index contributed by atoms with van der Waals surface area (Å²) in [6, 6.07) is 5.99. The highest BCUT2D eigenvalue weighted by atomic mass is 16.1. The van der Waals surface area contributed by atoms with Gasteiger partial charge in [-0.05, 0) is 37.0 Å². The van der Waals surface area contributed by atoms with Crippen LogP contribution in [-0.2, 0) is 6.42 Å². The molecule has 0 aromatic heterocycles. The van der Waals surface area contributed by atoms with Crippen LogP contribution < -0.4 is 5.73 Å². The molecular weight excluding hydrogens is 162 g/mol. The Labute approximate surface area is 77.8 Å². The molecule has 2 rings (SSSR count). The van der Waals surface area contributed by atoms with Gasteiger partial charge in [-0.1, -0.05) is 12.1 Å². The van der Waals surface area contributed by atoms with Crippen molar-refractivity contribution in [1.29, 1.82) is 0 Å². The topological polar surface area (TPSA) is 43.1 Å². The van der Waals surface area contributed by atoms with Gasteiger partial charge >= 0.3 is 0 Å². The molecule has 1 aliphatic carbocycles. The van der Waals surface area contributed by atoms with Crippen LogP contribution in [0.2, 0.25) is 0 Å². The molecule has 1 aromatic carbocycles. The average molecular weight is 175 g/mol. The first-order valence-electron chi connectivity index (χ1n) is 4.58.